The van der Waals surface area contributed by atoms with Crippen molar-refractivity contribution in [2.75, 3.05) is 32.7 Å². The minimum Gasteiger partial charge on any atom is -0.444 e. The molecule has 1 amide bonds. The molecule has 1 saturated heterocycles. The van der Waals surface area contributed by atoms with E-state index in [9.17, 15) is 9.59 Å². The maximum absolute atomic E-state index is 11.8. The average Bonchev–Trinajstić information content (AvgIpc) is 2.24. The fourth-order valence-corrected chi connectivity index (χ4v) is 1.68. The molecule has 0 aliphatic carbocycles. The van der Waals surface area contributed by atoms with Crippen LogP contribution in [0.15, 0.2) is 0 Å². The summed E-state index contributed by atoms with van der Waals surface area (Å²) in [6.07, 6.45) is 2.07. The highest BCUT2D eigenvalue weighted by Gasteiger charge is 2.25. The van der Waals surface area contributed by atoms with Gasteiger partial charge in [0.25, 0.3) is 0 Å². The summed E-state index contributed by atoms with van der Waals surface area (Å²) >= 11 is 0. The van der Waals surface area contributed by atoms with Gasteiger partial charge in [0.05, 0.1) is 0 Å². The molecule has 0 bridgehead atoms. The van der Waals surface area contributed by atoms with Gasteiger partial charge < -0.3 is 9.64 Å². The van der Waals surface area contributed by atoms with Gasteiger partial charge in [0.15, 0.2) is 6.29 Å². The predicted molar refractivity (Wildman–Crippen MR) is 64.6 cm³/mol. The molecule has 0 saturated carbocycles. The first-order valence-corrected chi connectivity index (χ1v) is 5.97. The van der Waals surface area contributed by atoms with Crippen molar-refractivity contribution in [3.8, 4) is 0 Å². The van der Waals surface area contributed by atoms with E-state index in [1.54, 1.807) is 4.90 Å². The van der Waals surface area contributed by atoms with Crippen LogP contribution in [0.1, 0.15) is 27.2 Å². The fourth-order valence-electron chi connectivity index (χ4n) is 1.68. The zero-order chi connectivity index (χ0) is 12.9. The molecule has 5 nitrogen and oxygen atoms in total. The van der Waals surface area contributed by atoms with Gasteiger partial charge in [-0.2, -0.15) is 0 Å². The van der Waals surface area contributed by atoms with Crippen LogP contribution in [-0.2, 0) is 9.53 Å². The summed E-state index contributed by atoms with van der Waals surface area (Å²) in [4.78, 5) is 25.8. The molecule has 97 valence electrons. The van der Waals surface area contributed by atoms with E-state index in [4.69, 9.17) is 4.74 Å². The van der Waals surface area contributed by atoms with Gasteiger partial charge in [0.2, 0.25) is 0 Å². The number of ether oxygens (including phenoxy) is 1. The highest BCUT2D eigenvalue weighted by molar-refractivity contribution is 5.68. The molecule has 0 aromatic carbocycles. The quantitative estimate of drug-likeness (QED) is 0.740. The SMILES string of the molecule is CC(C)(C)OC(=O)N1CCN(CC[C]=O)CC1. The van der Waals surface area contributed by atoms with E-state index in [-0.39, 0.29) is 6.09 Å². The Morgan fingerprint density at radius 3 is 2.29 bits per heavy atom. The third-order valence-corrected chi connectivity index (χ3v) is 2.55. The van der Waals surface area contributed by atoms with Crippen molar-refractivity contribution in [3.05, 3.63) is 0 Å². The molecule has 17 heavy (non-hydrogen) atoms. The average molecular weight is 241 g/mol. The van der Waals surface area contributed by atoms with Gasteiger partial charge in [-0.3, -0.25) is 9.69 Å². The maximum atomic E-state index is 11.8. The summed E-state index contributed by atoms with van der Waals surface area (Å²) < 4.78 is 5.30. The molecule has 0 aromatic heterocycles. The first kappa shape index (κ1) is 14.0. The van der Waals surface area contributed by atoms with Gasteiger partial charge in [0, 0.05) is 39.1 Å². The number of hydrogen-bond acceptors (Lipinski definition) is 4. The summed E-state index contributed by atoms with van der Waals surface area (Å²) in [5.74, 6) is 0. The Labute approximate surface area is 103 Å². The number of hydrogen-bond donors (Lipinski definition) is 0. The van der Waals surface area contributed by atoms with Crippen LogP contribution in [0.4, 0.5) is 4.79 Å². The van der Waals surface area contributed by atoms with Crippen molar-refractivity contribution >= 4 is 12.4 Å². The first-order valence-electron chi connectivity index (χ1n) is 5.97. The van der Waals surface area contributed by atoms with E-state index in [0.29, 0.717) is 19.5 Å². The van der Waals surface area contributed by atoms with Crippen LogP contribution >= 0.6 is 0 Å². The summed E-state index contributed by atoms with van der Waals surface area (Å²) in [5, 5.41) is 0. The van der Waals surface area contributed by atoms with E-state index >= 15 is 0 Å². The minimum absolute atomic E-state index is 0.251. The lowest BCUT2D eigenvalue weighted by Crippen LogP contribution is -2.50. The van der Waals surface area contributed by atoms with Crippen molar-refractivity contribution in [2.45, 2.75) is 32.8 Å². The van der Waals surface area contributed by atoms with Crippen molar-refractivity contribution in [1.29, 1.82) is 0 Å². The molecule has 0 aromatic rings. The number of piperazine rings is 1. The third kappa shape index (κ3) is 5.17. The second kappa shape index (κ2) is 6.00. The highest BCUT2D eigenvalue weighted by Crippen LogP contribution is 2.11. The molecule has 1 radical (unpaired) electrons. The van der Waals surface area contributed by atoms with Crippen molar-refractivity contribution < 1.29 is 14.3 Å². The van der Waals surface area contributed by atoms with Gasteiger partial charge in [-0.25, -0.2) is 4.79 Å². The topological polar surface area (TPSA) is 49.9 Å². The molecule has 1 fully saturated rings. The largest absolute Gasteiger partial charge is 0.444 e. The Kier molecular flexibility index (Phi) is 4.93. The highest BCUT2D eigenvalue weighted by atomic mass is 16.6. The van der Waals surface area contributed by atoms with Gasteiger partial charge in [0.1, 0.15) is 5.60 Å². The zero-order valence-corrected chi connectivity index (χ0v) is 10.9. The van der Waals surface area contributed by atoms with Crippen LogP contribution in [-0.4, -0.2) is 60.5 Å². The molecule has 0 atom stereocenters. The van der Waals surface area contributed by atoms with Gasteiger partial charge >= 0.3 is 6.09 Å². The lowest BCUT2D eigenvalue weighted by Gasteiger charge is -2.35. The van der Waals surface area contributed by atoms with Gasteiger partial charge in [-0.1, -0.05) is 0 Å². The molecule has 1 aliphatic rings. The lowest BCUT2D eigenvalue weighted by molar-refractivity contribution is 0.0147. The van der Waals surface area contributed by atoms with Gasteiger partial charge in [-0.05, 0) is 20.8 Å². The van der Waals surface area contributed by atoms with Crippen molar-refractivity contribution in [1.82, 2.24) is 9.80 Å². The first-order chi connectivity index (χ1) is 7.92. The van der Waals surface area contributed by atoms with E-state index in [1.807, 2.05) is 27.1 Å². The van der Waals surface area contributed by atoms with E-state index in [1.165, 1.54) is 0 Å². The Hall–Kier alpha value is -1.10. The molecule has 0 N–H and O–H groups in total. The molecule has 5 heteroatoms. The Bertz CT molecular complexity index is 265. The maximum Gasteiger partial charge on any atom is 0.410 e. The molecular weight excluding hydrogens is 220 g/mol. The Morgan fingerprint density at radius 2 is 1.82 bits per heavy atom. The lowest BCUT2D eigenvalue weighted by atomic mass is 10.2. The van der Waals surface area contributed by atoms with Crippen LogP contribution in [0, 0.1) is 0 Å². The smallest absolute Gasteiger partial charge is 0.410 e. The van der Waals surface area contributed by atoms with Crippen molar-refractivity contribution in [2.24, 2.45) is 0 Å². The fraction of sp³-hybridized carbons (Fsp3) is 0.833. The summed E-state index contributed by atoms with van der Waals surface area (Å²) in [6.45, 7) is 9.22. The molecular formula is C12H21N2O3. The number of carbonyl (C=O) groups excluding carboxylic acids is 2. The molecule has 1 rings (SSSR count). The standard InChI is InChI=1S/C12H21N2O3/c1-12(2,3)17-11(16)14-8-6-13(7-9-14)5-4-10-15/h4-9H2,1-3H3. The van der Waals surface area contributed by atoms with Crippen LogP contribution < -0.4 is 0 Å². The Morgan fingerprint density at radius 1 is 1.24 bits per heavy atom. The number of amides is 1. The van der Waals surface area contributed by atoms with E-state index in [2.05, 4.69) is 4.90 Å². The van der Waals surface area contributed by atoms with Crippen LogP contribution in [0.3, 0.4) is 0 Å². The van der Waals surface area contributed by atoms with Gasteiger partial charge in [-0.15, -0.1) is 0 Å². The summed E-state index contributed by atoms with van der Waals surface area (Å²) in [6, 6.07) is 0. The second-order valence-electron chi connectivity index (χ2n) is 5.20. The predicted octanol–water partition coefficient (Wildman–Crippen LogP) is 1.04. The van der Waals surface area contributed by atoms with E-state index < -0.39 is 5.60 Å². The Balaban J connectivity index is 2.31. The molecule has 1 aliphatic heterocycles. The minimum atomic E-state index is -0.444. The molecule has 0 unspecified atom stereocenters. The molecule has 0 spiro atoms. The van der Waals surface area contributed by atoms with Crippen LogP contribution in [0.5, 0.6) is 0 Å². The van der Waals surface area contributed by atoms with Crippen molar-refractivity contribution in [3.63, 3.8) is 0 Å². The second-order valence-corrected chi connectivity index (χ2v) is 5.20. The third-order valence-electron chi connectivity index (χ3n) is 2.55. The monoisotopic (exact) mass is 241 g/mol. The summed E-state index contributed by atoms with van der Waals surface area (Å²) in [5.41, 5.74) is -0.444. The molecule has 1 heterocycles. The number of rotatable bonds is 3. The normalized spacial score (nSPS) is 17.9. The van der Waals surface area contributed by atoms with E-state index in [0.717, 1.165) is 19.6 Å². The van der Waals surface area contributed by atoms with Crippen LogP contribution in [0.2, 0.25) is 0 Å². The zero-order valence-electron chi connectivity index (χ0n) is 10.9. The van der Waals surface area contributed by atoms with Crippen LogP contribution in [0.25, 0.3) is 0 Å². The number of nitrogens with zero attached hydrogens (tertiary/aromatic N) is 2. The summed E-state index contributed by atoms with van der Waals surface area (Å²) in [7, 11) is 0. The number of carbonyl (C=O) groups is 1.